The summed E-state index contributed by atoms with van der Waals surface area (Å²) in [6, 6.07) is 0. The van der Waals surface area contributed by atoms with Gasteiger partial charge in [-0.1, -0.05) is 6.92 Å². The summed E-state index contributed by atoms with van der Waals surface area (Å²) < 4.78 is 2.48. The first-order valence-electron chi connectivity index (χ1n) is 7.12. The second-order valence-corrected chi connectivity index (χ2v) is 5.53. The number of likely N-dealkylation sites (tertiary alicyclic amines) is 1. The molecule has 3 heterocycles. The lowest BCUT2D eigenvalue weighted by molar-refractivity contribution is 0.339. The molecular weight excluding hydrogens is 210 g/mol. The highest BCUT2D eigenvalue weighted by molar-refractivity contribution is 5.08. The monoisotopic (exact) mass is 233 g/mol. The van der Waals surface area contributed by atoms with Crippen molar-refractivity contribution in [3.8, 4) is 0 Å². The number of fused-ring (bicyclic) bond motifs is 1. The minimum atomic E-state index is 0.836. The zero-order valence-corrected chi connectivity index (χ0v) is 10.9. The van der Waals surface area contributed by atoms with E-state index in [-0.39, 0.29) is 0 Å². The molecule has 1 aromatic rings. The van der Waals surface area contributed by atoms with Crippen molar-refractivity contribution in [1.29, 1.82) is 0 Å². The molecule has 2 aliphatic heterocycles. The van der Waals surface area contributed by atoms with Crippen LogP contribution < -0.4 is 0 Å². The van der Waals surface area contributed by atoms with Gasteiger partial charge in [0, 0.05) is 31.4 Å². The minimum Gasteiger partial charge on any atom is -0.332 e. The molecule has 3 nitrogen and oxygen atoms in total. The molecule has 0 aliphatic carbocycles. The van der Waals surface area contributed by atoms with E-state index in [1.807, 2.05) is 0 Å². The first-order chi connectivity index (χ1) is 8.36. The van der Waals surface area contributed by atoms with Crippen LogP contribution in [0.15, 0.2) is 6.20 Å². The summed E-state index contributed by atoms with van der Waals surface area (Å²) in [5.41, 5.74) is 1.47. The van der Waals surface area contributed by atoms with E-state index in [4.69, 9.17) is 0 Å². The lowest BCUT2D eigenvalue weighted by Gasteiger charge is -2.18. The van der Waals surface area contributed by atoms with Gasteiger partial charge in [-0.2, -0.15) is 0 Å². The van der Waals surface area contributed by atoms with Crippen LogP contribution in [0.4, 0.5) is 0 Å². The van der Waals surface area contributed by atoms with Gasteiger partial charge in [0.05, 0.1) is 0 Å². The smallest absolute Gasteiger partial charge is 0.109 e. The summed E-state index contributed by atoms with van der Waals surface area (Å²) >= 11 is 0. The van der Waals surface area contributed by atoms with Crippen LogP contribution in [0.1, 0.15) is 37.7 Å². The Labute approximate surface area is 104 Å². The molecule has 3 rings (SSSR count). The summed E-state index contributed by atoms with van der Waals surface area (Å²) in [7, 11) is 0. The van der Waals surface area contributed by atoms with Crippen LogP contribution in [0.3, 0.4) is 0 Å². The van der Waals surface area contributed by atoms with Crippen LogP contribution in [0.5, 0.6) is 0 Å². The Bertz CT molecular complexity index is 383. The molecule has 0 N–H and O–H groups in total. The maximum atomic E-state index is 4.66. The van der Waals surface area contributed by atoms with Crippen molar-refractivity contribution in [2.24, 2.45) is 5.92 Å². The Morgan fingerprint density at radius 3 is 3.12 bits per heavy atom. The van der Waals surface area contributed by atoms with Crippen molar-refractivity contribution in [2.75, 3.05) is 19.6 Å². The maximum absolute atomic E-state index is 4.66. The Hall–Kier alpha value is -0.830. The number of rotatable bonds is 3. The third kappa shape index (κ3) is 2.25. The molecule has 0 saturated carbocycles. The van der Waals surface area contributed by atoms with Gasteiger partial charge in [-0.15, -0.1) is 0 Å². The topological polar surface area (TPSA) is 21.1 Å². The van der Waals surface area contributed by atoms with Crippen LogP contribution in [0.25, 0.3) is 0 Å². The largest absolute Gasteiger partial charge is 0.332 e. The minimum absolute atomic E-state index is 0.836. The van der Waals surface area contributed by atoms with Crippen LogP contribution >= 0.6 is 0 Å². The second kappa shape index (κ2) is 4.81. The summed E-state index contributed by atoms with van der Waals surface area (Å²) in [6.45, 7) is 7.23. The molecule has 0 aromatic carbocycles. The fraction of sp³-hybridized carbons (Fsp3) is 0.786. The number of hydrogen-bond donors (Lipinski definition) is 0. The van der Waals surface area contributed by atoms with Crippen molar-refractivity contribution in [2.45, 2.75) is 45.6 Å². The van der Waals surface area contributed by atoms with Gasteiger partial charge in [0.2, 0.25) is 0 Å². The van der Waals surface area contributed by atoms with Gasteiger partial charge < -0.3 is 9.47 Å². The van der Waals surface area contributed by atoms with Crippen molar-refractivity contribution < 1.29 is 0 Å². The molecule has 1 saturated heterocycles. The van der Waals surface area contributed by atoms with E-state index >= 15 is 0 Å². The van der Waals surface area contributed by atoms with E-state index in [1.165, 1.54) is 69.8 Å². The molecule has 2 aliphatic rings. The third-order valence-electron chi connectivity index (χ3n) is 4.37. The number of nitrogens with zero attached hydrogens (tertiary/aromatic N) is 3. The Kier molecular flexibility index (Phi) is 3.19. The molecule has 1 unspecified atom stereocenters. The van der Waals surface area contributed by atoms with Crippen LogP contribution in [-0.2, 0) is 19.4 Å². The predicted octanol–water partition coefficient (Wildman–Crippen LogP) is 2.10. The molecule has 0 spiro atoms. The summed E-state index contributed by atoms with van der Waals surface area (Å²) in [4.78, 5) is 7.22. The summed E-state index contributed by atoms with van der Waals surface area (Å²) in [6.07, 6.45) is 8.58. The number of hydrogen-bond acceptors (Lipinski definition) is 2. The first kappa shape index (κ1) is 11.3. The van der Waals surface area contributed by atoms with E-state index in [1.54, 1.807) is 0 Å². The van der Waals surface area contributed by atoms with Crippen molar-refractivity contribution in [3.05, 3.63) is 17.7 Å². The SMILES string of the molecule is CCN1CCC(Cc2ncc3n2CCCC3)C1. The highest BCUT2D eigenvalue weighted by Gasteiger charge is 2.24. The molecule has 1 atom stereocenters. The van der Waals surface area contributed by atoms with Crippen molar-refractivity contribution in [3.63, 3.8) is 0 Å². The normalized spacial score (nSPS) is 25.1. The van der Waals surface area contributed by atoms with Crippen molar-refractivity contribution >= 4 is 0 Å². The molecule has 1 aromatic heterocycles. The molecule has 94 valence electrons. The third-order valence-corrected chi connectivity index (χ3v) is 4.37. The van der Waals surface area contributed by atoms with E-state index in [9.17, 15) is 0 Å². The van der Waals surface area contributed by atoms with Gasteiger partial charge in [-0.25, -0.2) is 4.98 Å². The number of aromatic nitrogens is 2. The van der Waals surface area contributed by atoms with Crippen LogP contribution in [0.2, 0.25) is 0 Å². The van der Waals surface area contributed by atoms with E-state index in [0.29, 0.717) is 0 Å². The van der Waals surface area contributed by atoms with Gasteiger partial charge in [0.15, 0.2) is 0 Å². The van der Waals surface area contributed by atoms with Crippen LogP contribution in [-0.4, -0.2) is 34.1 Å². The lowest BCUT2D eigenvalue weighted by Crippen LogP contribution is -2.21. The van der Waals surface area contributed by atoms with Gasteiger partial charge in [0.1, 0.15) is 5.82 Å². The predicted molar refractivity (Wildman–Crippen MR) is 69.1 cm³/mol. The Balaban J connectivity index is 1.67. The zero-order chi connectivity index (χ0) is 11.7. The molecule has 3 heteroatoms. The van der Waals surface area contributed by atoms with Crippen LogP contribution in [0, 0.1) is 5.92 Å². The number of aryl methyl sites for hydroxylation is 1. The average molecular weight is 233 g/mol. The van der Waals surface area contributed by atoms with Gasteiger partial charge in [-0.05, 0) is 44.7 Å². The van der Waals surface area contributed by atoms with Gasteiger partial charge in [0.25, 0.3) is 0 Å². The van der Waals surface area contributed by atoms with E-state index in [2.05, 4.69) is 27.6 Å². The standard InChI is InChI=1S/C14H23N3/c1-2-16-8-6-12(11-16)9-14-15-10-13-5-3-4-7-17(13)14/h10,12H,2-9,11H2,1H3. The molecule has 0 amide bonds. The highest BCUT2D eigenvalue weighted by Crippen LogP contribution is 2.23. The zero-order valence-electron chi connectivity index (χ0n) is 10.9. The number of imidazole rings is 1. The molecule has 0 radical (unpaired) electrons. The fourth-order valence-corrected chi connectivity index (χ4v) is 3.29. The lowest BCUT2D eigenvalue weighted by atomic mass is 10.0. The van der Waals surface area contributed by atoms with Gasteiger partial charge >= 0.3 is 0 Å². The van der Waals surface area contributed by atoms with E-state index < -0.39 is 0 Å². The van der Waals surface area contributed by atoms with Crippen molar-refractivity contribution in [1.82, 2.24) is 14.5 Å². The molecular formula is C14H23N3. The molecule has 1 fully saturated rings. The quantitative estimate of drug-likeness (QED) is 0.797. The maximum Gasteiger partial charge on any atom is 0.109 e. The highest BCUT2D eigenvalue weighted by atomic mass is 15.1. The fourth-order valence-electron chi connectivity index (χ4n) is 3.29. The molecule has 0 bridgehead atoms. The second-order valence-electron chi connectivity index (χ2n) is 5.53. The summed E-state index contributed by atoms with van der Waals surface area (Å²) in [5.74, 6) is 2.19. The average Bonchev–Trinajstić information content (AvgIpc) is 2.97. The Morgan fingerprint density at radius 1 is 1.35 bits per heavy atom. The summed E-state index contributed by atoms with van der Waals surface area (Å²) in [5, 5.41) is 0. The first-order valence-corrected chi connectivity index (χ1v) is 7.12. The molecule has 17 heavy (non-hydrogen) atoms. The Morgan fingerprint density at radius 2 is 2.29 bits per heavy atom. The van der Waals surface area contributed by atoms with Gasteiger partial charge in [-0.3, -0.25) is 0 Å². The van der Waals surface area contributed by atoms with E-state index in [0.717, 1.165) is 5.92 Å².